The molecular weight excluding hydrogens is 271 g/mol. The lowest BCUT2D eigenvalue weighted by molar-refractivity contribution is 0.102. The van der Waals surface area contributed by atoms with Gasteiger partial charge in [0.05, 0.1) is 5.69 Å². The third-order valence-electron chi connectivity index (χ3n) is 2.57. The van der Waals surface area contributed by atoms with E-state index in [0.29, 0.717) is 17.8 Å². The number of anilines is 2. The molecule has 0 atom stereocenters. The molecule has 0 aliphatic heterocycles. The fraction of sp³-hybridized carbons (Fsp3) is 0. The highest BCUT2D eigenvalue weighted by Crippen LogP contribution is 2.19. The summed E-state index contributed by atoms with van der Waals surface area (Å²) < 4.78 is 39.1. The van der Waals surface area contributed by atoms with Crippen molar-refractivity contribution in [1.29, 1.82) is 0 Å². The molecule has 0 bridgehead atoms. The van der Waals surface area contributed by atoms with Gasteiger partial charge in [0.1, 0.15) is 5.82 Å². The van der Waals surface area contributed by atoms with E-state index in [-0.39, 0.29) is 5.56 Å². The summed E-state index contributed by atoms with van der Waals surface area (Å²) in [5.41, 5.74) is 2.75. The van der Waals surface area contributed by atoms with E-state index >= 15 is 0 Å². The molecule has 7 heteroatoms. The fourth-order valence-electron chi connectivity index (χ4n) is 1.53. The maximum Gasteiger partial charge on any atom is 0.255 e. The van der Waals surface area contributed by atoms with Crippen LogP contribution in [0.5, 0.6) is 0 Å². The molecular formula is C13H10F3N3O. The number of carbonyl (C=O) groups is 1. The van der Waals surface area contributed by atoms with Crippen LogP contribution in [-0.2, 0) is 0 Å². The van der Waals surface area contributed by atoms with Crippen molar-refractivity contribution in [2.24, 2.45) is 5.84 Å². The average Bonchev–Trinajstić information content (AvgIpc) is 2.44. The normalized spacial score (nSPS) is 10.2. The quantitative estimate of drug-likeness (QED) is 0.460. The largest absolute Gasteiger partial charge is 0.324 e. The Kier molecular flexibility index (Phi) is 3.90. The molecule has 2 aromatic rings. The first-order chi connectivity index (χ1) is 9.51. The summed E-state index contributed by atoms with van der Waals surface area (Å²) in [5, 5.41) is 2.16. The van der Waals surface area contributed by atoms with Gasteiger partial charge in [-0.1, -0.05) is 0 Å². The van der Waals surface area contributed by atoms with Crippen LogP contribution >= 0.6 is 0 Å². The van der Waals surface area contributed by atoms with Gasteiger partial charge in [0.25, 0.3) is 5.91 Å². The van der Waals surface area contributed by atoms with Crippen molar-refractivity contribution in [3.8, 4) is 0 Å². The number of carbonyl (C=O) groups excluding carboxylic acids is 1. The van der Waals surface area contributed by atoms with Crippen molar-refractivity contribution < 1.29 is 18.0 Å². The predicted molar refractivity (Wildman–Crippen MR) is 68.5 cm³/mol. The zero-order valence-electron chi connectivity index (χ0n) is 10.1. The number of benzene rings is 2. The molecule has 2 rings (SSSR count). The van der Waals surface area contributed by atoms with E-state index < -0.39 is 29.0 Å². The molecule has 0 unspecified atom stereocenters. The molecule has 0 heterocycles. The van der Waals surface area contributed by atoms with E-state index in [1.165, 1.54) is 24.3 Å². The number of hydrogen-bond acceptors (Lipinski definition) is 3. The van der Waals surface area contributed by atoms with E-state index in [0.717, 1.165) is 0 Å². The first kappa shape index (κ1) is 13.9. The molecule has 2 aromatic carbocycles. The lowest BCUT2D eigenvalue weighted by atomic mass is 10.2. The molecule has 0 spiro atoms. The van der Waals surface area contributed by atoms with Crippen LogP contribution in [0.15, 0.2) is 36.4 Å². The Morgan fingerprint density at radius 1 is 0.950 bits per heavy atom. The number of nitrogens with one attached hydrogen (secondary N) is 2. The van der Waals surface area contributed by atoms with Crippen LogP contribution in [0.2, 0.25) is 0 Å². The van der Waals surface area contributed by atoms with E-state index in [9.17, 15) is 18.0 Å². The Morgan fingerprint density at radius 2 is 1.55 bits per heavy atom. The summed E-state index contributed by atoms with van der Waals surface area (Å²) in [7, 11) is 0. The highest BCUT2D eigenvalue weighted by Gasteiger charge is 2.13. The first-order valence-electron chi connectivity index (χ1n) is 5.54. The molecule has 0 fully saturated rings. The van der Waals surface area contributed by atoms with Crippen molar-refractivity contribution in [1.82, 2.24) is 0 Å². The molecule has 4 N–H and O–H groups in total. The van der Waals surface area contributed by atoms with E-state index in [4.69, 9.17) is 5.84 Å². The van der Waals surface area contributed by atoms with Crippen LogP contribution in [-0.4, -0.2) is 5.91 Å². The van der Waals surface area contributed by atoms with Gasteiger partial charge in [0.2, 0.25) is 0 Å². The van der Waals surface area contributed by atoms with E-state index in [2.05, 4.69) is 10.7 Å². The maximum atomic E-state index is 13.4. The van der Waals surface area contributed by atoms with Gasteiger partial charge in [0, 0.05) is 23.4 Å². The zero-order valence-corrected chi connectivity index (χ0v) is 10.1. The van der Waals surface area contributed by atoms with Crippen molar-refractivity contribution >= 4 is 17.3 Å². The molecule has 4 nitrogen and oxygen atoms in total. The van der Waals surface area contributed by atoms with Crippen LogP contribution < -0.4 is 16.6 Å². The van der Waals surface area contributed by atoms with Crippen LogP contribution in [0.4, 0.5) is 24.5 Å². The lowest BCUT2D eigenvalue weighted by Crippen LogP contribution is -2.14. The number of rotatable bonds is 3. The topological polar surface area (TPSA) is 67.1 Å². The molecule has 0 saturated heterocycles. The number of amides is 1. The van der Waals surface area contributed by atoms with Gasteiger partial charge in [0.15, 0.2) is 11.6 Å². The summed E-state index contributed by atoms with van der Waals surface area (Å²) in [4.78, 5) is 11.8. The lowest BCUT2D eigenvalue weighted by Gasteiger charge is -2.07. The summed E-state index contributed by atoms with van der Waals surface area (Å²) in [6, 6.07) is 6.92. The van der Waals surface area contributed by atoms with Gasteiger partial charge in [-0.25, -0.2) is 13.2 Å². The molecule has 0 aromatic heterocycles. The van der Waals surface area contributed by atoms with Crippen molar-refractivity contribution in [3.63, 3.8) is 0 Å². The Bertz CT molecular complexity index is 644. The second-order valence-electron chi connectivity index (χ2n) is 3.92. The van der Waals surface area contributed by atoms with Gasteiger partial charge in [-0.05, 0) is 24.3 Å². The van der Waals surface area contributed by atoms with E-state index in [1.807, 2.05) is 0 Å². The molecule has 0 aliphatic carbocycles. The van der Waals surface area contributed by atoms with Crippen molar-refractivity contribution in [2.45, 2.75) is 0 Å². The van der Waals surface area contributed by atoms with Crippen molar-refractivity contribution in [2.75, 3.05) is 10.7 Å². The Morgan fingerprint density at radius 3 is 2.15 bits per heavy atom. The standard InChI is InChI=1S/C13H10F3N3O/c14-9-5-11(16)12(6-10(9)15)18-13(20)7-1-3-8(19-17)4-2-7/h1-6,19H,17H2,(H,18,20). The van der Waals surface area contributed by atoms with Gasteiger partial charge < -0.3 is 10.7 Å². The Hall–Kier alpha value is -2.54. The molecule has 104 valence electrons. The minimum atomic E-state index is -1.32. The van der Waals surface area contributed by atoms with Gasteiger partial charge in [-0.2, -0.15) is 0 Å². The van der Waals surface area contributed by atoms with Gasteiger partial charge in [-0.3, -0.25) is 10.6 Å². The highest BCUT2D eigenvalue weighted by molar-refractivity contribution is 6.04. The third-order valence-corrected chi connectivity index (χ3v) is 2.57. The third kappa shape index (κ3) is 2.89. The average molecular weight is 281 g/mol. The summed E-state index contributed by atoms with van der Waals surface area (Å²) in [5.74, 6) is 0.894. The van der Waals surface area contributed by atoms with Crippen molar-refractivity contribution in [3.05, 3.63) is 59.4 Å². The van der Waals surface area contributed by atoms with Crippen LogP contribution in [0.25, 0.3) is 0 Å². The molecule has 0 aliphatic rings. The smallest absolute Gasteiger partial charge is 0.255 e. The van der Waals surface area contributed by atoms with Crippen LogP contribution in [0.1, 0.15) is 10.4 Å². The zero-order chi connectivity index (χ0) is 14.7. The minimum absolute atomic E-state index is 0.216. The maximum absolute atomic E-state index is 13.4. The Balaban J connectivity index is 2.20. The predicted octanol–water partition coefficient (Wildman–Crippen LogP) is 2.64. The van der Waals surface area contributed by atoms with Crippen LogP contribution in [0, 0.1) is 17.5 Å². The summed E-state index contributed by atoms with van der Waals surface area (Å²) in [6.45, 7) is 0. The second-order valence-corrected chi connectivity index (χ2v) is 3.92. The summed E-state index contributed by atoms with van der Waals surface area (Å²) >= 11 is 0. The fourth-order valence-corrected chi connectivity index (χ4v) is 1.53. The number of hydrogen-bond donors (Lipinski definition) is 3. The minimum Gasteiger partial charge on any atom is -0.324 e. The molecule has 1 amide bonds. The van der Waals surface area contributed by atoms with E-state index in [1.54, 1.807) is 0 Å². The number of halogens is 3. The molecule has 0 saturated carbocycles. The Labute approximate surface area is 112 Å². The number of nitrogens with two attached hydrogens (primary N) is 1. The number of nitrogen functional groups attached to an aromatic ring is 1. The molecule has 0 radical (unpaired) electrons. The van der Waals surface area contributed by atoms with Gasteiger partial charge in [-0.15, -0.1) is 0 Å². The second kappa shape index (κ2) is 5.62. The van der Waals surface area contributed by atoms with Gasteiger partial charge >= 0.3 is 0 Å². The highest BCUT2D eigenvalue weighted by atomic mass is 19.2. The molecule has 20 heavy (non-hydrogen) atoms. The number of hydrazine groups is 1. The van der Waals surface area contributed by atoms with Crippen LogP contribution in [0.3, 0.4) is 0 Å². The first-order valence-corrected chi connectivity index (χ1v) is 5.54. The monoisotopic (exact) mass is 281 g/mol. The summed E-state index contributed by atoms with van der Waals surface area (Å²) in [6.07, 6.45) is 0. The SMILES string of the molecule is NNc1ccc(C(=O)Nc2cc(F)c(F)cc2F)cc1.